The molecule has 7 nitrogen and oxygen atoms in total. The molecule has 6 N–H and O–H groups in total. The minimum Gasteiger partial charge on any atom is -0.491 e. The van der Waals surface area contributed by atoms with Gasteiger partial charge in [-0.25, -0.2) is 4.79 Å². The Morgan fingerprint density at radius 1 is 0.946 bits per heavy atom. The molecule has 37 heavy (non-hydrogen) atoms. The number of amides is 1. The van der Waals surface area contributed by atoms with Crippen LogP contribution in [0.3, 0.4) is 0 Å². The summed E-state index contributed by atoms with van der Waals surface area (Å²) < 4.78 is 37.7. The van der Waals surface area contributed by atoms with Gasteiger partial charge in [0.15, 0.2) is 0 Å². The van der Waals surface area contributed by atoms with E-state index >= 15 is 0 Å². The topological polar surface area (TPSA) is 128 Å². The number of rotatable bonds is 11. The molecule has 0 spiro atoms. The van der Waals surface area contributed by atoms with Crippen molar-refractivity contribution < 1.29 is 32.6 Å². The number of halogens is 3. The number of alkyl halides is 3. The maximum absolute atomic E-state index is 12.6. The first-order chi connectivity index (χ1) is 17.6. The Labute approximate surface area is 213 Å². The molecule has 2 atom stereocenters. The fourth-order valence-electron chi connectivity index (χ4n) is 3.42. The lowest BCUT2D eigenvalue weighted by Gasteiger charge is -2.21. The summed E-state index contributed by atoms with van der Waals surface area (Å²) in [6.07, 6.45) is -2.14. The van der Waals surface area contributed by atoms with E-state index in [-0.39, 0.29) is 11.9 Å². The summed E-state index contributed by atoms with van der Waals surface area (Å²) in [7, 11) is 0. The zero-order chi connectivity index (χ0) is 27.3. The van der Waals surface area contributed by atoms with Crippen molar-refractivity contribution in [3.8, 4) is 5.75 Å². The highest BCUT2D eigenvalue weighted by Gasteiger charge is 2.38. The maximum atomic E-state index is 12.6. The number of aliphatic carboxylic acids is 1. The molecule has 0 unspecified atom stereocenters. The van der Waals surface area contributed by atoms with E-state index in [9.17, 15) is 18.0 Å². The molecule has 0 heterocycles. The van der Waals surface area contributed by atoms with Crippen LogP contribution in [0.1, 0.15) is 24.8 Å². The number of benzene rings is 3. The number of aryl methyl sites for hydroxylation is 1. The summed E-state index contributed by atoms with van der Waals surface area (Å²) in [5, 5.41) is 12.5. The highest BCUT2D eigenvalue weighted by molar-refractivity contribution is 5.83. The third-order valence-electron chi connectivity index (χ3n) is 5.44. The van der Waals surface area contributed by atoms with Crippen LogP contribution in [0.25, 0.3) is 10.8 Å². The molecule has 0 radical (unpaired) electrons. The Kier molecular flexibility index (Phi) is 11.9. The molecule has 0 bridgehead atoms. The number of carbonyl (C=O) groups is 2. The van der Waals surface area contributed by atoms with E-state index in [1.807, 2.05) is 60.7 Å². The first kappa shape index (κ1) is 29.6. The van der Waals surface area contributed by atoms with Crippen LogP contribution in [-0.2, 0) is 16.0 Å². The second kappa shape index (κ2) is 14.8. The van der Waals surface area contributed by atoms with Gasteiger partial charge >= 0.3 is 12.1 Å². The highest BCUT2D eigenvalue weighted by Crippen LogP contribution is 2.21. The summed E-state index contributed by atoms with van der Waals surface area (Å²) in [6, 6.07) is 23.5. The quantitative estimate of drug-likeness (QED) is 0.303. The average Bonchev–Trinajstić information content (AvgIpc) is 2.89. The van der Waals surface area contributed by atoms with Crippen molar-refractivity contribution >= 4 is 22.6 Å². The first-order valence-electron chi connectivity index (χ1n) is 11.8. The fourth-order valence-corrected chi connectivity index (χ4v) is 3.42. The number of carboxylic acids is 1. The van der Waals surface area contributed by atoms with Gasteiger partial charge in [-0.15, -0.1) is 0 Å². The number of nitrogens with one attached hydrogen (secondary N) is 1. The Balaban J connectivity index is 0.000000604. The molecule has 0 saturated heterocycles. The van der Waals surface area contributed by atoms with E-state index in [2.05, 4.69) is 17.4 Å². The minimum absolute atomic E-state index is 0.129. The normalized spacial score (nSPS) is 12.7. The monoisotopic (exact) mass is 519 g/mol. The minimum atomic E-state index is -5.08. The van der Waals surface area contributed by atoms with Crippen LogP contribution in [0, 0.1) is 0 Å². The van der Waals surface area contributed by atoms with Crippen LogP contribution in [0.4, 0.5) is 13.2 Å². The number of fused-ring (bicyclic) bond motifs is 1. The SMILES string of the molecule is NCCC[C@@H](COc1ccc2ccccc2c1)NC(=O)[C@@H](N)CCc1ccccc1.O=C(O)C(F)(F)F. The molecule has 0 aliphatic carbocycles. The maximum Gasteiger partial charge on any atom is 0.490 e. The molecule has 3 aromatic rings. The second-order valence-electron chi connectivity index (χ2n) is 8.39. The predicted octanol–water partition coefficient (Wildman–Crippen LogP) is 4.04. The lowest BCUT2D eigenvalue weighted by Crippen LogP contribution is -2.47. The molecule has 0 aliphatic heterocycles. The van der Waals surface area contributed by atoms with Gasteiger partial charge in [0.25, 0.3) is 0 Å². The molecular formula is C27H32F3N3O4. The van der Waals surface area contributed by atoms with E-state index in [0.29, 0.717) is 19.6 Å². The molecule has 200 valence electrons. The van der Waals surface area contributed by atoms with Gasteiger partial charge in [0, 0.05) is 0 Å². The van der Waals surface area contributed by atoms with Crippen molar-refractivity contribution in [3.63, 3.8) is 0 Å². The summed E-state index contributed by atoms with van der Waals surface area (Å²) in [4.78, 5) is 21.5. The third kappa shape index (κ3) is 10.9. The summed E-state index contributed by atoms with van der Waals surface area (Å²) >= 11 is 0. The third-order valence-corrected chi connectivity index (χ3v) is 5.44. The van der Waals surface area contributed by atoms with Crippen LogP contribution < -0.4 is 21.5 Å². The fraction of sp³-hybridized carbons (Fsp3) is 0.333. The van der Waals surface area contributed by atoms with Gasteiger partial charge in [-0.1, -0.05) is 60.7 Å². The van der Waals surface area contributed by atoms with E-state index in [4.69, 9.17) is 26.1 Å². The van der Waals surface area contributed by atoms with Crippen molar-refractivity contribution in [1.29, 1.82) is 0 Å². The summed E-state index contributed by atoms with van der Waals surface area (Å²) in [5.41, 5.74) is 13.0. The number of hydrogen-bond donors (Lipinski definition) is 4. The lowest BCUT2D eigenvalue weighted by molar-refractivity contribution is -0.192. The zero-order valence-electron chi connectivity index (χ0n) is 20.3. The van der Waals surface area contributed by atoms with Gasteiger partial charge in [0.1, 0.15) is 12.4 Å². The number of carbonyl (C=O) groups excluding carboxylic acids is 1. The smallest absolute Gasteiger partial charge is 0.490 e. The van der Waals surface area contributed by atoms with E-state index in [0.717, 1.165) is 30.4 Å². The van der Waals surface area contributed by atoms with E-state index < -0.39 is 18.2 Å². The highest BCUT2D eigenvalue weighted by atomic mass is 19.4. The Hall–Kier alpha value is -3.63. The van der Waals surface area contributed by atoms with Crippen LogP contribution in [0.15, 0.2) is 72.8 Å². The van der Waals surface area contributed by atoms with Crippen LogP contribution in [0.5, 0.6) is 5.75 Å². The number of hydrogen-bond acceptors (Lipinski definition) is 5. The average molecular weight is 520 g/mol. The Bertz CT molecular complexity index is 1130. The number of ether oxygens (including phenoxy) is 1. The van der Waals surface area contributed by atoms with Gasteiger partial charge in [-0.05, 0) is 60.7 Å². The molecule has 3 rings (SSSR count). The van der Waals surface area contributed by atoms with Gasteiger partial charge in [0.05, 0.1) is 12.1 Å². The van der Waals surface area contributed by atoms with Crippen molar-refractivity contribution in [2.45, 2.75) is 43.9 Å². The summed E-state index contributed by atoms with van der Waals surface area (Å²) in [6.45, 7) is 0.956. The van der Waals surface area contributed by atoms with Gasteiger partial charge in [0.2, 0.25) is 5.91 Å². The van der Waals surface area contributed by atoms with Crippen LogP contribution in [-0.4, -0.2) is 48.4 Å². The van der Waals surface area contributed by atoms with E-state index in [1.165, 1.54) is 10.9 Å². The molecule has 0 saturated carbocycles. The van der Waals surface area contributed by atoms with Crippen molar-refractivity contribution in [2.24, 2.45) is 11.5 Å². The number of carboxylic acid groups (broad SMARTS) is 1. The molecule has 1 amide bonds. The lowest BCUT2D eigenvalue weighted by atomic mass is 10.0. The molecule has 0 fully saturated rings. The van der Waals surface area contributed by atoms with Gasteiger partial charge in [-0.2, -0.15) is 13.2 Å². The van der Waals surface area contributed by atoms with Crippen molar-refractivity contribution in [3.05, 3.63) is 78.4 Å². The summed E-state index contributed by atoms with van der Waals surface area (Å²) in [5.74, 6) is -2.11. The Morgan fingerprint density at radius 3 is 2.19 bits per heavy atom. The molecule has 3 aromatic carbocycles. The van der Waals surface area contributed by atoms with Crippen molar-refractivity contribution in [1.82, 2.24) is 5.32 Å². The number of nitrogens with two attached hydrogens (primary N) is 2. The van der Waals surface area contributed by atoms with Gasteiger partial charge < -0.3 is 26.6 Å². The molecule has 10 heteroatoms. The molecular weight excluding hydrogens is 487 g/mol. The second-order valence-corrected chi connectivity index (χ2v) is 8.39. The Morgan fingerprint density at radius 2 is 1.57 bits per heavy atom. The largest absolute Gasteiger partial charge is 0.491 e. The molecule has 0 aromatic heterocycles. The predicted molar refractivity (Wildman–Crippen MR) is 136 cm³/mol. The van der Waals surface area contributed by atoms with Crippen LogP contribution in [0.2, 0.25) is 0 Å². The van der Waals surface area contributed by atoms with Crippen LogP contribution >= 0.6 is 0 Å². The standard InChI is InChI=1S/C25H31N3O2.C2HF3O2/c26-16-6-11-22(18-30-23-14-13-20-9-4-5-10-21(20)17-23)28-25(29)24(27)15-12-19-7-2-1-3-8-19;3-2(4,5)1(6)7/h1-5,7-10,13-14,17,22,24H,6,11-12,15-16,18,26-27H2,(H,28,29);(H,6,7)/t22-,24-;/m0./s1. The van der Waals surface area contributed by atoms with Gasteiger partial charge in [-0.3, -0.25) is 4.79 Å². The first-order valence-corrected chi connectivity index (χ1v) is 11.8. The van der Waals surface area contributed by atoms with Crippen molar-refractivity contribution in [2.75, 3.05) is 13.2 Å². The zero-order valence-corrected chi connectivity index (χ0v) is 20.3. The molecule has 0 aliphatic rings. The van der Waals surface area contributed by atoms with E-state index in [1.54, 1.807) is 0 Å².